The Bertz CT molecular complexity index is 1270. The summed E-state index contributed by atoms with van der Waals surface area (Å²) in [5, 5.41) is 4.61. The molecule has 2 atom stereocenters. The van der Waals surface area contributed by atoms with Crippen molar-refractivity contribution in [1.29, 1.82) is 0 Å². The highest BCUT2D eigenvalue weighted by atomic mass is 35.5. The second-order valence-corrected chi connectivity index (χ2v) is 8.37. The van der Waals surface area contributed by atoms with Gasteiger partial charge in [-0.15, -0.1) is 0 Å². The van der Waals surface area contributed by atoms with Gasteiger partial charge in [0.25, 0.3) is 0 Å². The molecule has 1 aliphatic heterocycles. The van der Waals surface area contributed by atoms with E-state index in [-0.39, 0.29) is 12.0 Å². The van der Waals surface area contributed by atoms with Crippen LogP contribution in [0.4, 0.5) is 4.39 Å². The number of benzene rings is 1. The Balaban J connectivity index is 1.60. The maximum atomic E-state index is 14.8. The molecule has 0 radical (unpaired) electrons. The van der Waals surface area contributed by atoms with Gasteiger partial charge in [0.2, 0.25) is 0 Å². The molecule has 1 saturated heterocycles. The number of aromatic nitrogens is 5. The Labute approximate surface area is 184 Å². The zero-order valence-corrected chi connectivity index (χ0v) is 18.0. The van der Waals surface area contributed by atoms with Gasteiger partial charge in [0.1, 0.15) is 11.3 Å². The van der Waals surface area contributed by atoms with Gasteiger partial charge in [-0.2, -0.15) is 5.10 Å². The summed E-state index contributed by atoms with van der Waals surface area (Å²) in [6.07, 6.45) is 7.04. The maximum absolute atomic E-state index is 14.8. The van der Waals surface area contributed by atoms with Gasteiger partial charge < -0.3 is 4.74 Å². The minimum Gasteiger partial charge on any atom is -0.373 e. The smallest absolute Gasteiger partial charge is 0.179 e. The van der Waals surface area contributed by atoms with E-state index in [1.807, 2.05) is 32.4 Å². The van der Waals surface area contributed by atoms with Crippen molar-refractivity contribution < 1.29 is 9.13 Å². The van der Waals surface area contributed by atoms with Crippen molar-refractivity contribution in [3.63, 3.8) is 0 Å². The van der Waals surface area contributed by atoms with Gasteiger partial charge in [0.05, 0.1) is 18.0 Å². The van der Waals surface area contributed by atoms with Gasteiger partial charge in [-0.3, -0.25) is 9.67 Å². The second-order valence-electron chi connectivity index (χ2n) is 7.93. The predicted octanol–water partition coefficient (Wildman–Crippen LogP) is 5.16. The summed E-state index contributed by atoms with van der Waals surface area (Å²) in [6, 6.07) is 6.62. The number of rotatable bonds is 3. The van der Waals surface area contributed by atoms with Crippen LogP contribution in [-0.4, -0.2) is 31.3 Å². The van der Waals surface area contributed by atoms with Crippen LogP contribution in [0.2, 0.25) is 5.02 Å². The molecule has 31 heavy (non-hydrogen) atoms. The van der Waals surface area contributed by atoms with E-state index >= 15 is 0 Å². The minimum atomic E-state index is -0.395. The maximum Gasteiger partial charge on any atom is 0.179 e. The van der Waals surface area contributed by atoms with Crippen LogP contribution in [0.25, 0.3) is 22.3 Å². The van der Waals surface area contributed by atoms with Gasteiger partial charge in [0, 0.05) is 59.4 Å². The summed E-state index contributed by atoms with van der Waals surface area (Å²) < 4.78 is 22.6. The van der Waals surface area contributed by atoms with Crippen molar-refractivity contribution >= 4 is 22.8 Å². The molecule has 8 heteroatoms. The highest BCUT2D eigenvalue weighted by Crippen LogP contribution is 2.39. The van der Waals surface area contributed by atoms with E-state index in [4.69, 9.17) is 21.3 Å². The molecule has 158 valence electrons. The zero-order valence-electron chi connectivity index (χ0n) is 17.2. The van der Waals surface area contributed by atoms with Crippen LogP contribution in [0.1, 0.15) is 41.8 Å². The fourth-order valence-electron chi connectivity index (χ4n) is 4.13. The Kier molecular flexibility index (Phi) is 5.16. The number of hydrogen-bond acceptors (Lipinski definition) is 5. The molecule has 0 aliphatic carbocycles. The van der Waals surface area contributed by atoms with E-state index in [1.165, 1.54) is 6.07 Å². The molecule has 6 nitrogen and oxygen atoms in total. The van der Waals surface area contributed by atoms with E-state index in [2.05, 4.69) is 15.1 Å². The van der Waals surface area contributed by atoms with Gasteiger partial charge >= 0.3 is 0 Å². The van der Waals surface area contributed by atoms with E-state index in [1.54, 1.807) is 23.0 Å². The quantitative estimate of drug-likeness (QED) is 0.443. The Morgan fingerprint density at radius 3 is 2.81 bits per heavy atom. The number of halogens is 2. The van der Waals surface area contributed by atoms with Gasteiger partial charge in [-0.05, 0) is 44.0 Å². The van der Waals surface area contributed by atoms with Crippen molar-refractivity contribution in [3.05, 3.63) is 70.6 Å². The first-order valence-electron chi connectivity index (χ1n) is 10.2. The predicted molar refractivity (Wildman–Crippen MR) is 116 cm³/mol. The summed E-state index contributed by atoms with van der Waals surface area (Å²) in [5.41, 5.74) is 4.89. The van der Waals surface area contributed by atoms with E-state index in [0.29, 0.717) is 33.9 Å². The second kappa shape index (κ2) is 7.98. The summed E-state index contributed by atoms with van der Waals surface area (Å²) in [7, 11) is 1.89. The van der Waals surface area contributed by atoms with Crippen LogP contribution >= 0.6 is 11.6 Å². The molecule has 0 N–H and O–H groups in total. The molecule has 0 unspecified atom stereocenters. The van der Waals surface area contributed by atoms with Gasteiger partial charge in [-0.25, -0.2) is 14.4 Å². The lowest BCUT2D eigenvalue weighted by Gasteiger charge is -2.29. The van der Waals surface area contributed by atoms with Crippen LogP contribution < -0.4 is 0 Å². The molecule has 3 aromatic heterocycles. The van der Waals surface area contributed by atoms with Crippen molar-refractivity contribution in [2.75, 3.05) is 6.61 Å². The molecule has 1 fully saturated rings. The average molecular weight is 438 g/mol. The van der Waals surface area contributed by atoms with Crippen molar-refractivity contribution in [2.24, 2.45) is 7.05 Å². The van der Waals surface area contributed by atoms with Crippen LogP contribution in [0.5, 0.6) is 0 Å². The van der Waals surface area contributed by atoms with E-state index in [0.717, 1.165) is 29.8 Å². The molecule has 0 bridgehead atoms. The summed E-state index contributed by atoms with van der Waals surface area (Å²) in [4.78, 5) is 13.9. The number of nitrogens with zero attached hydrogens (tertiary/aromatic N) is 5. The molecule has 1 aliphatic rings. The Morgan fingerprint density at radius 1 is 1.16 bits per heavy atom. The van der Waals surface area contributed by atoms with Crippen molar-refractivity contribution in [1.82, 2.24) is 24.7 Å². The molecule has 5 rings (SSSR count). The topological polar surface area (TPSA) is 65.7 Å². The van der Waals surface area contributed by atoms with Crippen LogP contribution in [0.3, 0.4) is 0 Å². The monoisotopic (exact) mass is 437 g/mol. The summed E-state index contributed by atoms with van der Waals surface area (Å²) in [5.74, 6) is -0.242. The van der Waals surface area contributed by atoms with Gasteiger partial charge in [-0.1, -0.05) is 11.6 Å². The molecule has 0 spiro atoms. The average Bonchev–Trinajstić information content (AvgIpc) is 3.19. The first kappa shape index (κ1) is 20.0. The largest absolute Gasteiger partial charge is 0.373 e. The SMILES string of the molecule is Cc1cnc2c(-c3ccc(Cl)cc3F)cc([C@@H]3CCO[C@@H](c4cnn(C)c4)C3)nc2n1. The Hall–Kier alpha value is -2.90. The van der Waals surface area contributed by atoms with E-state index < -0.39 is 5.82 Å². The fourth-order valence-corrected chi connectivity index (χ4v) is 4.29. The van der Waals surface area contributed by atoms with Crippen LogP contribution in [0, 0.1) is 12.7 Å². The van der Waals surface area contributed by atoms with Crippen LogP contribution in [-0.2, 0) is 11.8 Å². The first-order chi connectivity index (χ1) is 15.0. The highest BCUT2D eigenvalue weighted by molar-refractivity contribution is 6.30. The lowest BCUT2D eigenvalue weighted by Crippen LogP contribution is -2.19. The third-order valence-corrected chi connectivity index (χ3v) is 5.91. The summed E-state index contributed by atoms with van der Waals surface area (Å²) in [6.45, 7) is 2.49. The Morgan fingerprint density at radius 2 is 2.03 bits per heavy atom. The molecule has 1 aromatic carbocycles. The number of ether oxygens (including phenoxy) is 1. The number of hydrogen-bond donors (Lipinski definition) is 0. The summed E-state index contributed by atoms with van der Waals surface area (Å²) >= 11 is 5.97. The normalized spacial score (nSPS) is 19.1. The number of aryl methyl sites for hydroxylation is 2. The minimum absolute atomic E-state index is 0.0516. The highest BCUT2D eigenvalue weighted by Gasteiger charge is 2.28. The third kappa shape index (κ3) is 3.91. The lowest BCUT2D eigenvalue weighted by molar-refractivity contribution is 0.00465. The standard InChI is InChI=1S/C23H21ClFN5O/c1-13-10-26-22-18(17-4-3-16(24)8-19(17)25)9-20(29-23(22)28-13)14-5-6-31-21(7-14)15-11-27-30(2)12-15/h3-4,8-12,14,21H,5-7H2,1-2H3/t14-,21-/m1/s1. The van der Waals surface area contributed by atoms with Crippen LogP contribution in [0.15, 0.2) is 42.9 Å². The number of pyridine rings is 1. The van der Waals surface area contributed by atoms with Crippen molar-refractivity contribution in [2.45, 2.75) is 31.8 Å². The van der Waals surface area contributed by atoms with Gasteiger partial charge in [0.15, 0.2) is 5.65 Å². The molecule has 0 saturated carbocycles. The molecule has 4 aromatic rings. The van der Waals surface area contributed by atoms with Crippen molar-refractivity contribution in [3.8, 4) is 11.1 Å². The fraction of sp³-hybridized carbons (Fsp3) is 0.304. The molecule has 0 amide bonds. The third-order valence-electron chi connectivity index (χ3n) is 5.68. The number of fused-ring (bicyclic) bond motifs is 1. The van der Waals surface area contributed by atoms with E-state index in [9.17, 15) is 4.39 Å². The molecule has 4 heterocycles. The molecular weight excluding hydrogens is 417 g/mol. The molecular formula is C23H21ClFN5O. The lowest BCUT2D eigenvalue weighted by atomic mass is 9.88. The first-order valence-corrected chi connectivity index (χ1v) is 10.6. The zero-order chi connectivity index (χ0) is 21.5.